The first-order chi connectivity index (χ1) is 11.1. The second-order valence-corrected chi connectivity index (χ2v) is 7.09. The zero-order chi connectivity index (χ0) is 16.2. The summed E-state index contributed by atoms with van der Waals surface area (Å²) in [4.78, 5) is 14.3. The molecule has 2 aliphatic rings. The molecule has 0 radical (unpaired) electrons. The Bertz CT molecular complexity index is 552. The fourth-order valence-corrected chi connectivity index (χ4v) is 3.85. The Morgan fingerprint density at radius 1 is 1.35 bits per heavy atom. The Labute approximate surface area is 138 Å². The lowest BCUT2D eigenvalue weighted by Crippen LogP contribution is -2.30. The molecule has 1 amide bonds. The molecule has 1 unspecified atom stereocenters. The molecule has 23 heavy (non-hydrogen) atoms. The van der Waals surface area contributed by atoms with Crippen molar-refractivity contribution >= 4 is 11.6 Å². The standard InChI is InChI=1S/C19H28N2O2/c1-21-10-9-15-12-16(7-8-17(15)21)18(22)13-20-19(23)11-14-5-3-2-4-6-14/h7-8,12,14,18,22H,2-6,9-11,13H2,1H3,(H,20,23). The Morgan fingerprint density at radius 3 is 2.91 bits per heavy atom. The number of nitrogens with one attached hydrogen (secondary N) is 1. The maximum atomic E-state index is 12.0. The van der Waals surface area contributed by atoms with Gasteiger partial charge in [-0.15, -0.1) is 0 Å². The molecule has 1 aliphatic heterocycles. The Kier molecular flexibility index (Phi) is 5.21. The van der Waals surface area contributed by atoms with Gasteiger partial charge in [0.05, 0.1) is 6.10 Å². The van der Waals surface area contributed by atoms with E-state index in [1.54, 1.807) is 0 Å². The van der Waals surface area contributed by atoms with Crippen LogP contribution in [0.25, 0.3) is 0 Å². The molecule has 0 spiro atoms. The monoisotopic (exact) mass is 316 g/mol. The molecule has 1 atom stereocenters. The van der Waals surface area contributed by atoms with Crippen molar-refractivity contribution in [3.05, 3.63) is 29.3 Å². The van der Waals surface area contributed by atoms with Crippen LogP contribution in [-0.4, -0.2) is 31.2 Å². The molecule has 4 nitrogen and oxygen atoms in total. The molecular weight excluding hydrogens is 288 g/mol. The van der Waals surface area contributed by atoms with Crippen LogP contribution in [0.1, 0.15) is 55.8 Å². The summed E-state index contributed by atoms with van der Waals surface area (Å²) in [7, 11) is 2.09. The zero-order valence-corrected chi connectivity index (χ0v) is 14.1. The van der Waals surface area contributed by atoms with Crippen LogP contribution in [0, 0.1) is 5.92 Å². The van der Waals surface area contributed by atoms with Gasteiger partial charge in [-0.3, -0.25) is 4.79 Å². The number of carbonyl (C=O) groups excluding carboxylic acids is 1. The first-order valence-corrected chi connectivity index (χ1v) is 8.92. The summed E-state index contributed by atoms with van der Waals surface area (Å²) in [5, 5.41) is 13.2. The third-order valence-electron chi connectivity index (χ3n) is 5.31. The molecule has 3 rings (SSSR count). The van der Waals surface area contributed by atoms with E-state index >= 15 is 0 Å². The number of benzene rings is 1. The predicted octanol–water partition coefficient (Wildman–Crippen LogP) is 2.80. The third-order valence-corrected chi connectivity index (χ3v) is 5.31. The molecule has 1 fully saturated rings. The number of carbonyl (C=O) groups is 1. The van der Waals surface area contributed by atoms with Crippen molar-refractivity contribution in [2.75, 3.05) is 25.0 Å². The Balaban J connectivity index is 1.49. The van der Waals surface area contributed by atoms with Crippen LogP contribution >= 0.6 is 0 Å². The van der Waals surface area contributed by atoms with Gasteiger partial charge in [-0.2, -0.15) is 0 Å². The van der Waals surface area contributed by atoms with E-state index in [4.69, 9.17) is 0 Å². The van der Waals surface area contributed by atoms with Gasteiger partial charge in [0.15, 0.2) is 0 Å². The van der Waals surface area contributed by atoms with Gasteiger partial charge in [-0.1, -0.05) is 31.4 Å². The summed E-state index contributed by atoms with van der Waals surface area (Å²) in [6, 6.07) is 6.13. The Hall–Kier alpha value is -1.55. The highest BCUT2D eigenvalue weighted by atomic mass is 16.3. The van der Waals surface area contributed by atoms with E-state index in [9.17, 15) is 9.90 Å². The van der Waals surface area contributed by atoms with Gasteiger partial charge in [0.2, 0.25) is 5.91 Å². The van der Waals surface area contributed by atoms with Gasteiger partial charge in [0, 0.05) is 32.2 Å². The lowest BCUT2D eigenvalue weighted by Gasteiger charge is -2.21. The molecule has 1 aliphatic carbocycles. The first-order valence-electron chi connectivity index (χ1n) is 8.92. The van der Waals surface area contributed by atoms with Gasteiger partial charge >= 0.3 is 0 Å². The van der Waals surface area contributed by atoms with Crippen LogP contribution in [-0.2, 0) is 11.2 Å². The second-order valence-electron chi connectivity index (χ2n) is 7.09. The smallest absolute Gasteiger partial charge is 0.220 e. The summed E-state index contributed by atoms with van der Waals surface area (Å²) in [5.41, 5.74) is 3.44. The maximum Gasteiger partial charge on any atom is 0.220 e. The molecule has 126 valence electrons. The van der Waals surface area contributed by atoms with Crippen molar-refractivity contribution in [3.8, 4) is 0 Å². The normalized spacial score (nSPS) is 19.5. The fourth-order valence-electron chi connectivity index (χ4n) is 3.85. The highest BCUT2D eigenvalue weighted by Gasteiger charge is 2.20. The molecular formula is C19H28N2O2. The average Bonchev–Trinajstić information content (AvgIpc) is 2.94. The third kappa shape index (κ3) is 4.05. The Morgan fingerprint density at radius 2 is 2.13 bits per heavy atom. The van der Waals surface area contributed by atoms with E-state index in [0.717, 1.165) is 18.5 Å². The molecule has 1 heterocycles. The zero-order valence-electron chi connectivity index (χ0n) is 14.1. The van der Waals surface area contributed by atoms with Gasteiger partial charge in [0.1, 0.15) is 0 Å². The van der Waals surface area contributed by atoms with E-state index in [0.29, 0.717) is 18.9 Å². The van der Waals surface area contributed by atoms with Crippen LogP contribution in [0.5, 0.6) is 0 Å². The molecule has 0 aromatic heterocycles. The highest BCUT2D eigenvalue weighted by Crippen LogP contribution is 2.29. The summed E-state index contributed by atoms with van der Waals surface area (Å²) >= 11 is 0. The van der Waals surface area contributed by atoms with Gasteiger partial charge in [-0.25, -0.2) is 0 Å². The van der Waals surface area contributed by atoms with Crippen molar-refractivity contribution in [1.29, 1.82) is 0 Å². The molecule has 1 aromatic carbocycles. The van der Waals surface area contributed by atoms with E-state index in [1.807, 2.05) is 6.07 Å². The van der Waals surface area contributed by atoms with Crippen molar-refractivity contribution < 1.29 is 9.90 Å². The molecule has 2 N–H and O–H groups in total. The number of nitrogens with zero attached hydrogens (tertiary/aromatic N) is 1. The number of aliphatic hydroxyl groups excluding tert-OH is 1. The number of amides is 1. The van der Waals surface area contributed by atoms with Crippen molar-refractivity contribution in [2.45, 2.75) is 51.0 Å². The van der Waals surface area contributed by atoms with Gasteiger partial charge in [0.25, 0.3) is 0 Å². The number of hydrogen-bond acceptors (Lipinski definition) is 3. The van der Waals surface area contributed by atoms with E-state index in [-0.39, 0.29) is 5.91 Å². The van der Waals surface area contributed by atoms with E-state index < -0.39 is 6.10 Å². The first kappa shape index (κ1) is 16.3. The number of anilines is 1. The molecule has 0 saturated heterocycles. The van der Waals surface area contributed by atoms with Crippen molar-refractivity contribution in [3.63, 3.8) is 0 Å². The van der Waals surface area contributed by atoms with Gasteiger partial charge < -0.3 is 15.3 Å². The summed E-state index contributed by atoms with van der Waals surface area (Å²) in [6.45, 7) is 1.34. The topological polar surface area (TPSA) is 52.6 Å². The van der Waals surface area contributed by atoms with Crippen LogP contribution in [0.4, 0.5) is 5.69 Å². The van der Waals surface area contributed by atoms with Crippen LogP contribution in [0.3, 0.4) is 0 Å². The van der Waals surface area contributed by atoms with Crippen LogP contribution < -0.4 is 10.2 Å². The van der Waals surface area contributed by atoms with Gasteiger partial charge in [-0.05, 0) is 42.4 Å². The molecule has 1 aromatic rings. The number of rotatable bonds is 5. The van der Waals surface area contributed by atoms with Crippen molar-refractivity contribution in [2.24, 2.45) is 5.92 Å². The summed E-state index contributed by atoms with van der Waals surface area (Å²) < 4.78 is 0. The minimum Gasteiger partial charge on any atom is -0.387 e. The summed E-state index contributed by atoms with van der Waals surface area (Å²) in [5.74, 6) is 0.619. The predicted molar refractivity (Wildman–Crippen MR) is 92.6 cm³/mol. The largest absolute Gasteiger partial charge is 0.387 e. The number of fused-ring (bicyclic) bond motifs is 1. The van der Waals surface area contributed by atoms with E-state index in [1.165, 1.54) is 43.4 Å². The van der Waals surface area contributed by atoms with Crippen LogP contribution in [0.2, 0.25) is 0 Å². The lowest BCUT2D eigenvalue weighted by atomic mass is 9.87. The number of aliphatic hydroxyl groups is 1. The second kappa shape index (κ2) is 7.35. The minimum atomic E-state index is -0.624. The SMILES string of the molecule is CN1CCc2cc(C(O)CNC(=O)CC3CCCCC3)ccc21. The average molecular weight is 316 g/mol. The summed E-state index contributed by atoms with van der Waals surface area (Å²) in [6.07, 6.45) is 7.19. The number of likely N-dealkylation sites (N-methyl/N-ethyl adjacent to an activating group) is 1. The fraction of sp³-hybridized carbons (Fsp3) is 0.632. The van der Waals surface area contributed by atoms with Crippen molar-refractivity contribution in [1.82, 2.24) is 5.32 Å². The van der Waals surface area contributed by atoms with Crippen LogP contribution in [0.15, 0.2) is 18.2 Å². The molecule has 0 bridgehead atoms. The molecule has 4 heteroatoms. The van der Waals surface area contributed by atoms with E-state index in [2.05, 4.69) is 29.4 Å². The quantitative estimate of drug-likeness (QED) is 0.878. The molecule has 1 saturated carbocycles. The minimum absolute atomic E-state index is 0.0804. The maximum absolute atomic E-state index is 12.0. The lowest BCUT2D eigenvalue weighted by molar-refractivity contribution is -0.122. The highest BCUT2D eigenvalue weighted by molar-refractivity contribution is 5.76. The number of hydrogen-bond donors (Lipinski definition) is 2.